The lowest BCUT2D eigenvalue weighted by Crippen LogP contribution is -2.29. The average Bonchev–Trinajstić information content (AvgIpc) is 3.32. The highest BCUT2D eigenvalue weighted by Gasteiger charge is 2.28. The summed E-state index contributed by atoms with van der Waals surface area (Å²) in [7, 11) is -3.57. The van der Waals surface area contributed by atoms with Gasteiger partial charge in [-0.05, 0) is 75.4 Å². The summed E-state index contributed by atoms with van der Waals surface area (Å²) in [6, 6.07) is 10.5. The first kappa shape index (κ1) is 24.1. The lowest BCUT2D eigenvalue weighted by Gasteiger charge is -2.17. The third-order valence-electron chi connectivity index (χ3n) is 5.46. The number of carbonyl (C=O) groups excluding carboxylic acids is 1. The minimum Gasteiger partial charge on any atom is -0.490 e. The lowest BCUT2D eigenvalue weighted by molar-refractivity contribution is 0.0953. The smallest absolute Gasteiger partial charge is 0.251 e. The Morgan fingerprint density at radius 3 is 2.38 bits per heavy atom. The summed E-state index contributed by atoms with van der Waals surface area (Å²) in [5.41, 5.74) is 2.13. The van der Waals surface area contributed by atoms with Crippen LogP contribution in [0.15, 0.2) is 41.3 Å². The molecule has 8 heteroatoms. The van der Waals surface area contributed by atoms with Gasteiger partial charge in [0.1, 0.15) is 0 Å². The molecular formula is C24H32N2O5S. The normalized spacial score (nSPS) is 14.3. The zero-order valence-corrected chi connectivity index (χ0v) is 19.8. The van der Waals surface area contributed by atoms with E-state index in [1.165, 1.54) is 10.4 Å². The molecule has 1 aliphatic rings. The van der Waals surface area contributed by atoms with Gasteiger partial charge < -0.3 is 14.8 Å². The standard InChI is InChI=1S/C24H32N2O5S/c1-4-30-22-11-9-19(16-23(22)31-5-2)12-13-25-24(27)21-17-20(10-8-18(21)3)32(28,29)26-14-6-7-15-26/h8-11,16-17H,4-7,12-15H2,1-3H3,(H,25,27). The summed E-state index contributed by atoms with van der Waals surface area (Å²) in [6.07, 6.45) is 2.35. The van der Waals surface area contributed by atoms with Crippen LogP contribution < -0.4 is 14.8 Å². The molecule has 0 radical (unpaired) electrons. The molecule has 0 bridgehead atoms. The van der Waals surface area contributed by atoms with E-state index in [2.05, 4.69) is 5.32 Å². The van der Waals surface area contributed by atoms with Gasteiger partial charge in [0.15, 0.2) is 11.5 Å². The van der Waals surface area contributed by atoms with Crippen molar-refractivity contribution in [2.45, 2.75) is 44.9 Å². The van der Waals surface area contributed by atoms with Crippen LogP contribution in [0.1, 0.15) is 48.2 Å². The molecule has 0 aliphatic carbocycles. The van der Waals surface area contributed by atoms with Gasteiger partial charge in [0.25, 0.3) is 5.91 Å². The molecule has 1 aliphatic heterocycles. The van der Waals surface area contributed by atoms with E-state index in [1.807, 2.05) is 39.0 Å². The van der Waals surface area contributed by atoms with E-state index in [4.69, 9.17) is 9.47 Å². The molecule has 32 heavy (non-hydrogen) atoms. The van der Waals surface area contributed by atoms with Gasteiger partial charge in [0, 0.05) is 25.2 Å². The van der Waals surface area contributed by atoms with Crippen LogP contribution in [0, 0.1) is 6.92 Å². The molecule has 1 fully saturated rings. The highest BCUT2D eigenvalue weighted by atomic mass is 32.2. The van der Waals surface area contributed by atoms with Crippen molar-refractivity contribution in [3.05, 3.63) is 53.1 Å². The van der Waals surface area contributed by atoms with Crippen molar-refractivity contribution in [3.63, 3.8) is 0 Å². The number of hydrogen-bond donors (Lipinski definition) is 1. The van der Waals surface area contributed by atoms with Crippen molar-refractivity contribution in [1.82, 2.24) is 9.62 Å². The van der Waals surface area contributed by atoms with Crippen molar-refractivity contribution < 1.29 is 22.7 Å². The molecule has 1 saturated heterocycles. The van der Waals surface area contributed by atoms with E-state index >= 15 is 0 Å². The van der Waals surface area contributed by atoms with Crippen LogP contribution in [0.4, 0.5) is 0 Å². The van der Waals surface area contributed by atoms with Gasteiger partial charge in [-0.1, -0.05) is 12.1 Å². The highest BCUT2D eigenvalue weighted by molar-refractivity contribution is 7.89. The molecule has 1 amide bonds. The Morgan fingerprint density at radius 2 is 1.69 bits per heavy atom. The largest absolute Gasteiger partial charge is 0.490 e. The van der Waals surface area contributed by atoms with Crippen molar-refractivity contribution in [1.29, 1.82) is 0 Å². The van der Waals surface area contributed by atoms with Gasteiger partial charge in [-0.2, -0.15) is 4.31 Å². The van der Waals surface area contributed by atoms with Crippen molar-refractivity contribution >= 4 is 15.9 Å². The second kappa shape index (κ2) is 10.8. The van der Waals surface area contributed by atoms with Gasteiger partial charge in [-0.15, -0.1) is 0 Å². The number of aryl methyl sites for hydroxylation is 1. The molecular weight excluding hydrogens is 428 g/mol. The van der Waals surface area contributed by atoms with Crippen LogP contribution >= 0.6 is 0 Å². The van der Waals surface area contributed by atoms with Gasteiger partial charge in [-0.3, -0.25) is 4.79 Å². The maximum Gasteiger partial charge on any atom is 0.251 e. The first-order chi connectivity index (χ1) is 15.4. The van der Waals surface area contributed by atoms with Gasteiger partial charge in [0.05, 0.1) is 18.1 Å². The monoisotopic (exact) mass is 460 g/mol. The molecule has 174 valence electrons. The summed E-state index contributed by atoms with van der Waals surface area (Å²) >= 11 is 0. The van der Waals surface area contributed by atoms with E-state index < -0.39 is 10.0 Å². The molecule has 0 unspecified atom stereocenters. The number of ether oxygens (including phenoxy) is 2. The van der Waals surface area contributed by atoms with E-state index in [9.17, 15) is 13.2 Å². The van der Waals surface area contributed by atoms with Crippen LogP contribution in [0.25, 0.3) is 0 Å². The molecule has 2 aromatic carbocycles. The number of carbonyl (C=O) groups is 1. The Labute approximate surface area is 190 Å². The maximum absolute atomic E-state index is 12.9. The summed E-state index contributed by atoms with van der Waals surface area (Å²) < 4.78 is 38.4. The number of rotatable bonds is 10. The van der Waals surface area contributed by atoms with Crippen LogP contribution in [0.5, 0.6) is 11.5 Å². The Kier molecular flexibility index (Phi) is 8.15. The highest BCUT2D eigenvalue weighted by Crippen LogP contribution is 2.28. The van der Waals surface area contributed by atoms with Gasteiger partial charge in [0.2, 0.25) is 10.0 Å². The van der Waals surface area contributed by atoms with Gasteiger partial charge in [-0.25, -0.2) is 8.42 Å². The first-order valence-electron chi connectivity index (χ1n) is 11.1. The predicted molar refractivity (Wildman–Crippen MR) is 124 cm³/mol. The maximum atomic E-state index is 12.9. The molecule has 0 spiro atoms. The molecule has 7 nitrogen and oxygen atoms in total. The fourth-order valence-corrected chi connectivity index (χ4v) is 5.29. The molecule has 0 aromatic heterocycles. The summed E-state index contributed by atoms with van der Waals surface area (Å²) in [5.74, 6) is 1.11. The van der Waals surface area contributed by atoms with Gasteiger partial charge >= 0.3 is 0 Å². The zero-order valence-electron chi connectivity index (χ0n) is 19.0. The number of sulfonamides is 1. The molecule has 0 saturated carbocycles. The SMILES string of the molecule is CCOc1ccc(CCNC(=O)c2cc(S(=O)(=O)N3CCCC3)ccc2C)cc1OCC. The zero-order chi connectivity index (χ0) is 23.1. The Hall–Kier alpha value is -2.58. The van der Waals surface area contributed by atoms with E-state index in [0.717, 1.165) is 24.0 Å². The fraction of sp³-hybridized carbons (Fsp3) is 0.458. The topological polar surface area (TPSA) is 84.9 Å². The Bertz CT molecular complexity index is 1050. The predicted octanol–water partition coefficient (Wildman–Crippen LogP) is 3.55. The molecule has 1 N–H and O–H groups in total. The van der Waals surface area contributed by atoms with Crippen molar-refractivity contribution in [2.24, 2.45) is 0 Å². The lowest BCUT2D eigenvalue weighted by atomic mass is 10.1. The fourth-order valence-electron chi connectivity index (χ4n) is 3.75. The van der Waals surface area contributed by atoms with Crippen LogP contribution in [0.3, 0.4) is 0 Å². The Balaban J connectivity index is 1.67. The average molecular weight is 461 g/mol. The third-order valence-corrected chi connectivity index (χ3v) is 7.36. The van der Waals surface area contributed by atoms with E-state index in [0.29, 0.717) is 56.3 Å². The number of benzene rings is 2. The minimum absolute atomic E-state index is 0.169. The number of nitrogens with zero attached hydrogens (tertiary/aromatic N) is 1. The summed E-state index contributed by atoms with van der Waals surface area (Å²) in [5, 5.41) is 2.91. The molecule has 3 rings (SSSR count). The molecule has 0 atom stereocenters. The summed E-state index contributed by atoms with van der Waals surface area (Å²) in [6.45, 7) is 8.23. The van der Waals surface area contributed by atoms with Crippen molar-refractivity contribution in [3.8, 4) is 11.5 Å². The number of nitrogens with one attached hydrogen (secondary N) is 1. The first-order valence-corrected chi connectivity index (χ1v) is 12.6. The minimum atomic E-state index is -3.57. The molecule has 2 aromatic rings. The second-order valence-electron chi connectivity index (χ2n) is 7.74. The quantitative estimate of drug-likeness (QED) is 0.586. The van der Waals surface area contributed by atoms with Crippen molar-refractivity contribution in [2.75, 3.05) is 32.8 Å². The van der Waals surface area contributed by atoms with E-state index in [1.54, 1.807) is 12.1 Å². The summed E-state index contributed by atoms with van der Waals surface area (Å²) in [4.78, 5) is 13.0. The number of hydrogen-bond acceptors (Lipinski definition) is 5. The molecule has 1 heterocycles. The van der Waals surface area contributed by atoms with Crippen LogP contribution in [0.2, 0.25) is 0 Å². The second-order valence-corrected chi connectivity index (χ2v) is 9.68. The van der Waals surface area contributed by atoms with E-state index in [-0.39, 0.29) is 10.8 Å². The Morgan fingerprint density at radius 1 is 1.00 bits per heavy atom. The van der Waals surface area contributed by atoms with Crippen LogP contribution in [-0.4, -0.2) is 51.5 Å². The van der Waals surface area contributed by atoms with Crippen LogP contribution in [-0.2, 0) is 16.4 Å². The third kappa shape index (κ3) is 5.61. The number of amides is 1.